The quantitative estimate of drug-likeness (QED) is 0.576. The lowest BCUT2D eigenvalue weighted by atomic mass is 9.81. The standard InChI is InChI=1S/C12H20/c1-5-9(2)12-8-6-7-10(3)11(12)4/h10H,2,5-8H2,1,3-4H3. The summed E-state index contributed by atoms with van der Waals surface area (Å²) in [5.41, 5.74) is 4.52. The SMILES string of the molecule is C=C(CC)C1=C(C)C(C)CCC1. The van der Waals surface area contributed by atoms with Crippen molar-refractivity contribution in [2.24, 2.45) is 5.92 Å². The van der Waals surface area contributed by atoms with Gasteiger partial charge in [0.1, 0.15) is 0 Å². The first-order valence-electron chi connectivity index (χ1n) is 5.04. The van der Waals surface area contributed by atoms with Gasteiger partial charge in [0.05, 0.1) is 0 Å². The molecule has 1 rings (SSSR count). The van der Waals surface area contributed by atoms with Crippen LogP contribution in [-0.4, -0.2) is 0 Å². The molecular weight excluding hydrogens is 144 g/mol. The molecule has 0 bridgehead atoms. The summed E-state index contributed by atoms with van der Waals surface area (Å²) in [6, 6.07) is 0. The van der Waals surface area contributed by atoms with E-state index < -0.39 is 0 Å². The van der Waals surface area contributed by atoms with Crippen LogP contribution >= 0.6 is 0 Å². The zero-order chi connectivity index (χ0) is 9.14. The van der Waals surface area contributed by atoms with Gasteiger partial charge < -0.3 is 0 Å². The van der Waals surface area contributed by atoms with E-state index in [1.165, 1.54) is 24.8 Å². The molecule has 1 aliphatic rings. The zero-order valence-corrected chi connectivity index (χ0v) is 8.61. The maximum atomic E-state index is 4.12. The summed E-state index contributed by atoms with van der Waals surface area (Å²) in [6.45, 7) is 10.9. The minimum absolute atomic E-state index is 0.789. The van der Waals surface area contributed by atoms with Crippen molar-refractivity contribution in [3.05, 3.63) is 23.3 Å². The molecule has 0 aromatic heterocycles. The molecule has 1 atom stereocenters. The molecule has 0 aromatic carbocycles. The molecule has 0 saturated carbocycles. The Morgan fingerprint density at radius 3 is 2.83 bits per heavy atom. The van der Waals surface area contributed by atoms with E-state index in [9.17, 15) is 0 Å². The molecule has 0 heterocycles. The summed E-state index contributed by atoms with van der Waals surface area (Å²) in [5.74, 6) is 0.789. The van der Waals surface area contributed by atoms with E-state index in [1.807, 2.05) is 0 Å². The van der Waals surface area contributed by atoms with Gasteiger partial charge in [-0.2, -0.15) is 0 Å². The highest BCUT2D eigenvalue weighted by atomic mass is 14.2. The van der Waals surface area contributed by atoms with Gasteiger partial charge in [0.2, 0.25) is 0 Å². The number of hydrogen-bond donors (Lipinski definition) is 0. The van der Waals surface area contributed by atoms with Gasteiger partial charge in [-0.15, -0.1) is 0 Å². The molecule has 12 heavy (non-hydrogen) atoms. The summed E-state index contributed by atoms with van der Waals surface area (Å²) in [5, 5.41) is 0. The Hall–Kier alpha value is -0.520. The number of allylic oxidation sites excluding steroid dienone is 3. The largest absolute Gasteiger partial charge is 0.0956 e. The first-order chi connectivity index (χ1) is 5.66. The topological polar surface area (TPSA) is 0 Å². The van der Waals surface area contributed by atoms with Crippen molar-refractivity contribution in [1.29, 1.82) is 0 Å². The molecule has 0 aliphatic heterocycles. The van der Waals surface area contributed by atoms with Gasteiger partial charge in [0, 0.05) is 0 Å². The second-order valence-electron chi connectivity index (χ2n) is 3.91. The van der Waals surface area contributed by atoms with Crippen LogP contribution < -0.4 is 0 Å². The summed E-state index contributed by atoms with van der Waals surface area (Å²) >= 11 is 0. The monoisotopic (exact) mass is 164 g/mol. The minimum atomic E-state index is 0.789. The second kappa shape index (κ2) is 3.93. The van der Waals surface area contributed by atoms with Gasteiger partial charge in [-0.05, 0) is 44.1 Å². The number of rotatable bonds is 2. The van der Waals surface area contributed by atoms with Gasteiger partial charge >= 0.3 is 0 Å². The van der Waals surface area contributed by atoms with Gasteiger partial charge in [-0.3, -0.25) is 0 Å². The Balaban J connectivity index is 2.85. The zero-order valence-electron chi connectivity index (χ0n) is 8.61. The fraction of sp³-hybridized carbons (Fsp3) is 0.667. The molecule has 0 aromatic rings. The van der Waals surface area contributed by atoms with E-state index in [0.717, 1.165) is 12.3 Å². The van der Waals surface area contributed by atoms with E-state index in [4.69, 9.17) is 0 Å². The van der Waals surface area contributed by atoms with Crippen LogP contribution in [0, 0.1) is 5.92 Å². The average molecular weight is 164 g/mol. The molecule has 1 unspecified atom stereocenters. The Bertz CT molecular complexity index is 208. The van der Waals surface area contributed by atoms with Crippen LogP contribution in [0.15, 0.2) is 23.3 Å². The lowest BCUT2D eigenvalue weighted by molar-refractivity contribution is 0.537. The van der Waals surface area contributed by atoms with Gasteiger partial charge in [-0.1, -0.05) is 31.6 Å². The fourth-order valence-corrected chi connectivity index (χ4v) is 1.97. The molecule has 0 N–H and O–H groups in total. The van der Waals surface area contributed by atoms with Crippen LogP contribution in [0.5, 0.6) is 0 Å². The molecule has 0 spiro atoms. The van der Waals surface area contributed by atoms with Crippen LogP contribution in [-0.2, 0) is 0 Å². The third kappa shape index (κ3) is 1.80. The molecule has 0 saturated heterocycles. The third-order valence-electron chi connectivity index (χ3n) is 3.13. The minimum Gasteiger partial charge on any atom is -0.0956 e. The van der Waals surface area contributed by atoms with Crippen LogP contribution in [0.2, 0.25) is 0 Å². The maximum Gasteiger partial charge on any atom is -0.0228 e. The average Bonchev–Trinajstić information content (AvgIpc) is 2.08. The Kier molecular flexibility index (Phi) is 3.13. The van der Waals surface area contributed by atoms with Crippen molar-refractivity contribution < 1.29 is 0 Å². The highest BCUT2D eigenvalue weighted by Crippen LogP contribution is 2.33. The molecule has 0 nitrogen and oxygen atoms in total. The first-order valence-corrected chi connectivity index (χ1v) is 5.04. The van der Waals surface area contributed by atoms with E-state index in [2.05, 4.69) is 27.4 Å². The first kappa shape index (κ1) is 9.57. The maximum absolute atomic E-state index is 4.12. The van der Waals surface area contributed by atoms with Crippen LogP contribution in [0.3, 0.4) is 0 Å². The van der Waals surface area contributed by atoms with Crippen molar-refractivity contribution in [2.45, 2.75) is 46.5 Å². The van der Waals surface area contributed by atoms with Crippen LogP contribution in [0.1, 0.15) is 46.5 Å². The predicted octanol–water partition coefficient (Wildman–Crippen LogP) is 4.09. The molecule has 68 valence electrons. The van der Waals surface area contributed by atoms with Crippen molar-refractivity contribution >= 4 is 0 Å². The van der Waals surface area contributed by atoms with E-state index in [1.54, 1.807) is 11.1 Å². The third-order valence-corrected chi connectivity index (χ3v) is 3.13. The highest BCUT2D eigenvalue weighted by molar-refractivity contribution is 5.34. The predicted molar refractivity (Wildman–Crippen MR) is 55.1 cm³/mol. The number of hydrogen-bond acceptors (Lipinski definition) is 0. The normalized spacial score (nSPS) is 24.4. The summed E-state index contributed by atoms with van der Waals surface area (Å²) < 4.78 is 0. The van der Waals surface area contributed by atoms with Crippen molar-refractivity contribution in [1.82, 2.24) is 0 Å². The Morgan fingerprint density at radius 2 is 2.25 bits per heavy atom. The second-order valence-corrected chi connectivity index (χ2v) is 3.91. The van der Waals surface area contributed by atoms with Crippen LogP contribution in [0.4, 0.5) is 0 Å². The molecule has 1 aliphatic carbocycles. The van der Waals surface area contributed by atoms with Crippen LogP contribution in [0.25, 0.3) is 0 Å². The van der Waals surface area contributed by atoms with E-state index >= 15 is 0 Å². The molecule has 0 heteroatoms. The van der Waals surface area contributed by atoms with Gasteiger partial charge in [0.15, 0.2) is 0 Å². The molecule has 0 amide bonds. The Labute approximate surface area is 76.4 Å². The molecule has 0 radical (unpaired) electrons. The molecular formula is C12H20. The Morgan fingerprint density at radius 1 is 1.58 bits per heavy atom. The molecule has 0 fully saturated rings. The van der Waals surface area contributed by atoms with E-state index in [0.29, 0.717) is 0 Å². The van der Waals surface area contributed by atoms with Crippen molar-refractivity contribution in [3.63, 3.8) is 0 Å². The van der Waals surface area contributed by atoms with Crippen molar-refractivity contribution in [2.75, 3.05) is 0 Å². The lowest BCUT2D eigenvalue weighted by Crippen LogP contribution is -2.08. The summed E-state index contributed by atoms with van der Waals surface area (Å²) in [7, 11) is 0. The van der Waals surface area contributed by atoms with Gasteiger partial charge in [0.25, 0.3) is 0 Å². The fourth-order valence-electron chi connectivity index (χ4n) is 1.97. The summed E-state index contributed by atoms with van der Waals surface area (Å²) in [4.78, 5) is 0. The van der Waals surface area contributed by atoms with E-state index in [-0.39, 0.29) is 0 Å². The van der Waals surface area contributed by atoms with Crippen molar-refractivity contribution in [3.8, 4) is 0 Å². The smallest absolute Gasteiger partial charge is 0.0228 e. The van der Waals surface area contributed by atoms with Gasteiger partial charge in [-0.25, -0.2) is 0 Å². The lowest BCUT2D eigenvalue weighted by Gasteiger charge is -2.24. The highest BCUT2D eigenvalue weighted by Gasteiger charge is 2.16. The summed E-state index contributed by atoms with van der Waals surface area (Å²) in [6.07, 6.45) is 5.10.